The van der Waals surface area contributed by atoms with E-state index in [0.29, 0.717) is 24.8 Å². The molecule has 2 aromatic heterocycles. The molecule has 2 aromatic rings. The number of anilines is 1. The molecule has 4 heterocycles. The molecule has 4 rings (SSSR count). The van der Waals surface area contributed by atoms with Crippen molar-refractivity contribution in [3.05, 3.63) is 30.1 Å². The van der Waals surface area contributed by atoms with E-state index in [1.807, 2.05) is 6.20 Å². The molecule has 2 saturated heterocycles. The number of nitrogens with zero attached hydrogens (tertiary/aromatic N) is 4. The van der Waals surface area contributed by atoms with Crippen LogP contribution >= 0.6 is 0 Å². The van der Waals surface area contributed by atoms with Crippen LogP contribution in [0.15, 0.2) is 24.5 Å². The minimum absolute atomic E-state index is 0.220. The van der Waals surface area contributed by atoms with Crippen molar-refractivity contribution in [1.29, 1.82) is 0 Å². The molecule has 0 radical (unpaired) electrons. The van der Waals surface area contributed by atoms with Crippen LogP contribution < -0.4 is 10.2 Å². The first-order valence-corrected chi connectivity index (χ1v) is 11.1. The number of hydrogen-bond donors (Lipinski definition) is 1. The van der Waals surface area contributed by atoms with E-state index in [1.54, 1.807) is 15.6 Å². The van der Waals surface area contributed by atoms with Gasteiger partial charge in [-0.15, -0.1) is 0 Å². The number of carbonyl (C=O) groups excluding carboxylic acids is 2. The number of rotatable bonds is 5. The van der Waals surface area contributed by atoms with E-state index in [4.69, 9.17) is 0 Å². The third kappa shape index (κ3) is 4.21. The van der Waals surface area contributed by atoms with Gasteiger partial charge in [-0.3, -0.25) is 19.9 Å². The second-order valence-corrected chi connectivity index (χ2v) is 9.86. The van der Waals surface area contributed by atoms with E-state index in [2.05, 4.69) is 55.1 Å². The first-order valence-electron chi connectivity index (χ1n) is 11.1. The van der Waals surface area contributed by atoms with Crippen LogP contribution in [0.5, 0.6) is 0 Å². The second kappa shape index (κ2) is 8.02. The van der Waals surface area contributed by atoms with Gasteiger partial charge in [-0.25, -0.2) is 9.31 Å². The number of hydrogen-bond acceptors (Lipinski definition) is 4. The number of piperidine rings is 1. The van der Waals surface area contributed by atoms with Crippen LogP contribution in [0.3, 0.4) is 0 Å². The molecule has 30 heavy (non-hydrogen) atoms. The maximum Gasteiger partial charge on any atom is 0.328 e. The highest BCUT2D eigenvalue weighted by Gasteiger charge is 2.35. The molecule has 2 aliphatic rings. The molecule has 1 unspecified atom stereocenters. The Hall–Kier alpha value is -2.41. The van der Waals surface area contributed by atoms with Gasteiger partial charge in [0, 0.05) is 31.2 Å². The Balaban J connectivity index is 1.51. The zero-order chi connectivity index (χ0) is 21.5. The Morgan fingerprint density at radius 2 is 2.07 bits per heavy atom. The van der Waals surface area contributed by atoms with Crippen molar-refractivity contribution in [2.45, 2.75) is 58.9 Å². The molecule has 162 valence electrons. The van der Waals surface area contributed by atoms with Gasteiger partial charge < -0.3 is 0 Å². The predicted molar refractivity (Wildman–Crippen MR) is 118 cm³/mol. The summed E-state index contributed by atoms with van der Waals surface area (Å²) in [5, 5.41) is 6.79. The van der Waals surface area contributed by atoms with Crippen molar-refractivity contribution in [2.75, 3.05) is 24.5 Å². The lowest BCUT2D eigenvalue weighted by Gasteiger charge is -2.46. The topological polar surface area (TPSA) is 70.0 Å². The fourth-order valence-corrected chi connectivity index (χ4v) is 5.01. The minimum atomic E-state index is -0.370. The second-order valence-electron chi connectivity index (χ2n) is 9.86. The molecule has 1 N–H and O–H groups in total. The zero-order valence-corrected chi connectivity index (χ0v) is 18.5. The molecule has 0 aliphatic carbocycles. The number of carbonyl (C=O) groups is 2. The van der Waals surface area contributed by atoms with Crippen molar-refractivity contribution >= 4 is 23.1 Å². The third-order valence-electron chi connectivity index (χ3n) is 6.47. The van der Waals surface area contributed by atoms with Gasteiger partial charge in [0.15, 0.2) is 0 Å². The molecule has 0 aromatic carbocycles. The molecule has 3 amide bonds. The van der Waals surface area contributed by atoms with Crippen molar-refractivity contribution in [3.63, 3.8) is 0 Å². The Kier molecular flexibility index (Phi) is 5.57. The number of likely N-dealkylation sites (tertiary alicyclic amines) is 1. The van der Waals surface area contributed by atoms with Gasteiger partial charge in [0.2, 0.25) is 5.91 Å². The average molecular weight is 412 g/mol. The molecule has 0 saturated carbocycles. The van der Waals surface area contributed by atoms with E-state index in [0.717, 1.165) is 30.7 Å². The largest absolute Gasteiger partial charge is 0.328 e. The van der Waals surface area contributed by atoms with Crippen LogP contribution in [-0.2, 0) is 11.2 Å². The monoisotopic (exact) mass is 411 g/mol. The minimum Gasteiger partial charge on any atom is -0.298 e. The van der Waals surface area contributed by atoms with Gasteiger partial charge in [0.05, 0.1) is 17.4 Å². The number of imide groups is 1. The van der Waals surface area contributed by atoms with E-state index < -0.39 is 0 Å². The van der Waals surface area contributed by atoms with Crippen LogP contribution in [0.2, 0.25) is 0 Å². The van der Waals surface area contributed by atoms with Gasteiger partial charge in [0.1, 0.15) is 0 Å². The van der Waals surface area contributed by atoms with Gasteiger partial charge in [-0.1, -0.05) is 13.8 Å². The van der Waals surface area contributed by atoms with Crippen LogP contribution in [0.1, 0.15) is 52.5 Å². The summed E-state index contributed by atoms with van der Waals surface area (Å²) in [7, 11) is 0. The Morgan fingerprint density at radius 3 is 2.77 bits per heavy atom. The number of pyridine rings is 1. The highest BCUT2D eigenvalue weighted by Crippen LogP contribution is 2.34. The average Bonchev–Trinajstić information content (AvgIpc) is 3.06. The van der Waals surface area contributed by atoms with Gasteiger partial charge in [-0.2, -0.15) is 5.10 Å². The Morgan fingerprint density at radius 1 is 1.27 bits per heavy atom. The summed E-state index contributed by atoms with van der Waals surface area (Å²) in [5.41, 5.74) is 3.16. The molecule has 0 bridgehead atoms. The summed E-state index contributed by atoms with van der Waals surface area (Å²) in [5.74, 6) is 1.11. The number of amides is 3. The van der Waals surface area contributed by atoms with E-state index in [9.17, 15) is 9.59 Å². The maximum atomic E-state index is 12.3. The van der Waals surface area contributed by atoms with E-state index in [1.165, 1.54) is 18.4 Å². The zero-order valence-electron chi connectivity index (χ0n) is 18.5. The van der Waals surface area contributed by atoms with Crippen LogP contribution in [-0.4, -0.2) is 51.6 Å². The molecule has 2 aliphatic heterocycles. The maximum absolute atomic E-state index is 12.3. The summed E-state index contributed by atoms with van der Waals surface area (Å²) in [6.45, 7) is 12.0. The lowest BCUT2D eigenvalue weighted by molar-refractivity contribution is -0.120. The number of fused-ring (bicyclic) bond motifs is 1. The third-order valence-corrected chi connectivity index (χ3v) is 6.47. The summed E-state index contributed by atoms with van der Waals surface area (Å²) >= 11 is 0. The van der Waals surface area contributed by atoms with E-state index in [-0.39, 0.29) is 17.5 Å². The normalized spacial score (nSPS) is 22.7. The standard InChI is InChI=1S/C23H33N5O2/c1-16(2)15-26-8-5-18(13-23(26,3)4)11-17-6-10-28-19(12-17)20(14-24-28)27-9-7-21(29)25-22(27)30/h6,10,12,14,16,18H,5,7-9,11,13,15H2,1-4H3,(H,25,29,30). The van der Waals surface area contributed by atoms with Gasteiger partial charge in [0.25, 0.3) is 0 Å². The molecule has 0 spiro atoms. The molecular weight excluding hydrogens is 378 g/mol. The van der Waals surface area contributed by atoms with Crippen molar-refractivity contribution in [3.8, 4) is 0 Å². The smallest absolute Gasteiger partial charge is 0.298 e. The predicted octanol–water partition coefficient (Wildman–Crippen LogP) is 3.47. The first-order chi connectivity index (χ1) is 14.2. The lowest BCUT2D eigenvalue weighted by Crippen LogP contribution is -2.51. The molecule has 7 nitrogen and oxygen atoms in total. The molecule has 2 fully saturated rings. The number of aromatic nitrogens is 2. The number of nitrogens with one attached hydrogen (secondary N) is 1. The van der Waals surface area contributed by atoms with Crippen molar-refractivity contribution < 1.29 is 9.59 Å². The van der Waals surface area contributed by atoms with E-state index >= 15 is 0 Å². The summed E-state index contributed by atoms with van der Waals surface area (Å²) in [6.07, 6.45) is 7.43. The molecule has 1 atom stereocenters. The van der Waals surface area contributed by atoms with Gasteiger partial charge >= 0.3 is 6.03 Å². The Bertz CT molecular complexity index is 948. The van der Waals surface area contributed by atoms with Crippen molar-refractivity contribution in [1.82, 2.24) is 19.8 Å². The van der Waals surface area contributed by atoms with Crippen LogP contribution in [0.4, 0.5) is 10.5 Å². The highest BCUT2D eigenvalue weighted by atomic mass is 16.2. The van der Waals surface area contributed by atoms with Gasteiger partial charge in [-0.05, 0) is 69.2 Å². The fraction of sp³-hybridized carbons (Fsp3) is 0.609. The molecule has 7 heteroatoms. The molecular formula is C23H33N5O2. The fourth-order valence-electron chi connectivity index (χ4n) is 5.01. The summed E-state index contributed by atoms with van der Waals surface area (Å²) in [4.78, 5) is 28.0. The van der Waals surface area contributed by atoms with Crippen LogP contribution in [0, 0.1) is 11.8 Å². The quantitative estimate of drug-likeness (QED) is 0.818. The Labute approximate surface area is 178 Å². The summed E-state index contributed by atoms with van der Waals surface area (Å²) in [6, 6.07) is 3.92. The van der Waals surface area contributed by atoms with Crippen LogP contribution in [0.25, 0.3) is 5.52 Å². The first kappa shape index (κ1) is 20.8. The number of urea groups is 1. The highest BCUT2D eigenvalue weighted by molar-refractivity contribution is 6.07. The SMILES string of the molecule is CC(C)CN1CCC(Cc2ccn3ncc(N4CCC(=O)NC4=O)c3c2)CC1(C)C. The lowest BCUT2D eigenvalue weighted by atomic mass is 9.79. The summed E-state index contributed by atoms with van der Waals surface area (Å²) < 4.78 is 1.80. The van der Waals surface area contributed by atoms with Crippen molar-refractivity contribution in [2.24, 2.45) is 11.8 Å².